The van der Waals surface area contributed by atoms with Gasteiger partial charge < -0.3 is 14.3 Å². The third-order valence-corrected chi connectivity index (χ3v) is 1.55. The Morgan fingerprint density at radius 2 is 2.46 bits per heavy atom. The van der Waals surface area contributed by atoms with Crippen molar-refractivity contribution in [2.45, 2.75) is 20.0 Å². The summed E-state index contributed by atoms with van der Waals surface area (Å²) in [6, 6.07) is 1.61. The summed E-state index contributed by atoms with van der Waals surface area (Å²) in [5.74, 6) is -1.09. The summed E-state index contributed by atoms with van der Waals surface area (Å²) >= 11 is 0. The van der Waals surface area contributed by atoms with E-state index in [9.17, 15) is 4.79 Å². The SMILES string of the molecule is CCCOCc1ccoc1C(=O)O. The van der Waals surface area contributed by atoms with Gasteiger partial charge in [0, 0.05) is 12.2 Å². The van der Waals surface area contributed by atoms with Crippen LogP contribution in [0, 0.1) is 0 Å². The number of carbonyl (C=O) groups is 1. The van der Waals surface area contributed by atoms with Crippen LogP contribution in [0.1, 0.15) is 29.5 Å². The van der Waals surface area contributed by atoms with Crippen molar-refractivity contribution >= 4 is 5.97 Å². The molecule has 0 saturated heterocycles. The Labute approximate surface area is 76.1 Å². The number of hydrogen-bond donors (Lipinski definition) is 1. The van der Waals surface area contributed by atoms with Crippen molar-refractivity contribution in [3.05, 3.63) is 23.7 Å². The molecule has 0 bridgehead atoms. The molecule has 0 aromatic carbocycles. The monoisotopic (exact) mass is 184 g/mol. The van der Waals surface area contributed by atoms with Crippen LogP contribution in [0.2, 0.25) is 0 Å². The second kappa shape index (κ2) is 4.67. The molecule has 0 aliphatic carbocycles. The van der Waals surface area contributed by atoms with Crippen molar-refractivity contribution < 1.29 is 19.1 Å². The molecule has 0 unspecified atom stereocenters. The molecule has 4 heteroatoms. The minimum atomic E-state index is -1.06. The number of furan rings is 1. The number of carboxylic acid groups (broad SMARTS) is 1. The van der Waals surface area contributed by atoms with Gasteiger partial charge in [-0.05, 0) is 12.5 Å². The molecule has 0 atom stereocenters. The maximum Gasteiger partial charge on any atom is 0.372 e. The van der Waals surface area contributed by atoms with Crippen LogP contribution in [-0.4, -0.2) is 17.7 Å². The molecule has 0 amide bonds. The number of hydrogen-bond acceptors (Lipinski definition) is 3. The summed E-state index contributed by atoms with van der Waals surface area (Å²) in [6.45, 7) is 2.92. The number of carboxylic acids is 1. The Morgan fingerprint density at radius 1 is 1.69 bits per heavy atom. The average molecular weight is 184 g/mol. The highest BCUT2D eigenvalue weighted by Gasteiger charge is 2.13. The minimum absolute atomic E-state index is 0.0314. The molecular formula is C9H12O4. The van der Waals surface area contributed by atoms with E-state index in [1.165, 1.54) is 6.26 Å². The van der Waals surface area contributed by atoms with Gasteiger partial charge >= 0.3 is 5.97 Å². The molecule has 1 aromatic rings. The molecule has 0 aliphatic rings. The van der Waals surface area contributed by atoms with Crippen LogP contribution >= 0.6 is 0 Å². The number of ether oxygens (including phenoxy) is 1. The summed E-state index contributed by atoms with van der Waals surface area (Å²) in [7, 11) is 0. The minimum Gasteiger partial charge on any atom is -0.475 e. The first-order valence-electron chi connectivity index (χ1n) is 4.13. The Morgan fingerprint density at radius 3 is 3.08 bits per heavy atom. The van der Waals surface area contributed by atoms with Gasteiger partial charge in [-0.1, -0.05) is 6.92 Å². The number of aromatic carboxylic acids is 1. The molecule has 72 valence electrons. The number of rotatable bonds is 5. The summed E-state index contributed by atoms with van der Waals surface area (Å²) in [5, 5.41) is 8.66. The summed E-state index contributed by atoms with van der Waals surface area (Å²) in [6.07, 6.45) is 2.27. The van der Waals surface area contributed by atoms with Crippen LogP contribution < -0.4 is 0 Å². The fraction of sp³-hybridized carbons (Fsp3) is 0.444. The van der Waals surface area contributed by atoms with Gasteiger partial charge in [-0.3, -0.25) is 0 Å². The molecule has 0 saturated carbocycles. The molecule has 0 aliphatic heterocycles. The van der Waals surface area contributed by atoms with Crippen molar-refractivity contribution in [1.82, 2.24) is 0 Å². The summed E-state index contributed by atoms with van der Waals surface area (Å²) < 4.78 is 9.97. The Hall–Kier alpha value is -1.29. The van der Waals surface area contributed by atoms with Gasteiger partial charge in [0.25, 0.3) is 0 Å². The van der Waals surface area contributed by atoms with E-state index in [1.807, 2.05) is 6.92 Å². The Bertz CT molecular complexity index is 277. The Balaban J connectivity index is 2.55. The molecule has 1 rings (SSSR count). The van der Waals surface area contributed by atoms with Crippen LogP contribution in [0.4, 0.5) is 0 Å². The van der Waals surface area contributed by atoms with E-state index in [1.54, 1.807) is 6.07 Å². The fourth-order valence-corrected chi connectivity index (χ4v) is 0.963. The largest absolute Gasteiger partial charge is 0.475 e. The average Bonchev–Trinajstić information content (AvgIpc) is 2.53. The first-order valence-corrected chi connectivity index (χ1v) is 4.13. The molecule has 13 heavy (non-hydrogen) atoms. The van der Waals surface area contributed by atoms with E-state index in [4.69, 9.17) is 14.3 Å². The maximum absolute atomic E-state index is 10.6. The normalized spacial score (nSPS) is 10.2. The standard InChI is InChI=1S/C9H12O4/c1-2-4-12-6-7-3-5-13-8(7)9(10)11/h3,5H,2,4,6H2,1H3,(H,10,11). The highest BCUT2D eigenvalue weighted by molar-refractivity contribution is 5.85. The lowest BCUT2D eigenvalue weighted by atomic mass is 10.2. The first-order chi connectivity index (χ1) is 6.25. The van der Waals surface area contributed by atoms with Gasteiger partial charge in [-0.15, -0.1) is 0 Å². The third-order valence-electron chi connectivity index (χ3n) is 1.55. The third kappa shape index (κ3) is 2.59. The van der Waals surface area contributed by atoms with Gasteiger partial charge in [-0.2, -0.15) is 0 Å². The van der Waals surface area contributed by atoms with Crippen LogP contribution in [0.5, 0.6) is 0 Å². The molecule has 1 heterocycles. The van der Waals surface area contributed by atoms with E-state index in [2.05, 4.69) is 0 Å². The highest BCUT2D eigenvalue weighted by Crippen LogP contribution is 2.11. The second-order valence-electron chi connectivity index (χ2n) is 2.63. The van der Waals surface area contributed by atoms with Crippen LogP contribution in [-0.2, 0) is 11.3 Å². The van der Waals surface area contributed by atoms with Crippen LogP contribution in [0.25, 0.3) is 0 Å². The molecule has 0 fully saturated rings. The van der Waals surface area contributed by atoms with Crippen molar-refractivity contribution in [2.75, 3.05) is 6.61 Å². The van der Waals surface area contributed by atoms with E-state index < -0.39 is 5.97 Å². The summed E-state index contributed by atoms with van der Waals surface area (Å²) in [4.78, 5) is 10.6. The zero-order valence-corrected chi connectivity index (χ0v) is 7.45. The van der Waals surface area contributed by atoms with Gasteiger partial charge in [0.1, 0.15) is 0 Å². The lowest BCUT2D eigenvalue weighted by Crippen LogP contribution is -2.01. The molecule has 0 radical (unpaired) electrons. The molecule has 4 nitrogen and oxygen atoms in total. The van der Waals surface area contributed by atoms with Crippen LogP contribution in [0.15, 0.2) is 16.7 Å². The highest BCUT2D eigenvalue weighted by atomic mass is 16.5. The predicted octanol–water partition coefficient (Wildman–Crippen LogP) is 1.90. The second-order valence-corrected chi connectivity index (χ2v) is 2.63. The summed E-state index contributed by atoms with van der Waals surface area (Å²) in [5.41, 5.74) is 0.584. The molecule has 1 aromatic heterocycles. The topological polar surface area (TPSA) is 59.7 Å². The van der Waals surface area contributed by atoms with E-state index in [0.717, 1.165) is 6.42 Å². The molecule has 0 spiro atoms. The molecular weight excluding hydrogens is 172 g/mol. The van der Waals surface area contributed by atoms with Gasteiger partial charge in [-0.25, -0.2) is 4.79 Å². The van der Waals surface area contributed by atoms with Crippen molar-refractivity contribution in [3.63, 3.8) is 0 Å². The first kappa shape index (κ1) is 9.80. The van der Waals surface area contributed by atoms with Gasteiger partial charge in [0.15, 0.2) is 0 Å². The quantitative estimate of drug-likeness (QED) is 0.710. The van der Waals surface area contributed by atoms with Gasteiger partial charge in [0.2, 0.25) is 5.76 Å². The fourth-order valence-electron chi connectivity index (χ4n) is 0.963. The smallest absolute Gasteiger partial charge is 0.372 e. The Kier molecular flexibility index (Phi) is 3.52. The van der Waals surface area contributed by atoms with E-state index >= 15 is 0 Å². The van der Waals surface area contributed by atoms with Crippen LogP contribution in [0.3, 0.4) is 0 Å². The van der Waals surface area contributed by atoms with Crippen molar-refractivity contribution in [3.8, 4) is 0 Å². The van der Waals surface area contributed by atoms with Gasteiger partial charge in [0.05, 0.1) is 12.9 Å². The van der Waals surface area contributed by atoms with Crippen molar-refractivity contribution in [1.29, 1.82) is 0 Å². The molecule has 1 N–H and O–H groups in total. The maximum atomic E-state index is 10.6. The lowest BCUT2D eigenvalue weighted by Gasteiger charge is -1.99. The van der Waals surface area contributed by atoms with E-state index in [-0.39, 0.29) is 5.76 Å². The predicted molar refractivity (Wildman–Crippen MR) is 45.6 cm³/mol. The van der Waals surface area contributed by atoms with Crippen molar-refractivity contribution in [2.24, 2.45) is 0 Å². The zero-order chi connectivity index (χ0) is 9.68. The zero-order valence-electron chi connectivity index (χ0n) is 7.45. The lowest BCUT2D eigenvalue weighted by molar-refractivity contribution is 0.0650. The van der Waals surface area contributed by atoms with E-state index in [0.29, 0.717) is 18.8 Å².